The topological polar surface area (TPSA) is 291 Å². The quantitative estimate of drug-likeness (QED) is 0.102. The number of hydrogen-bond acceptors (Lipinski definition) is 16. The molecule has 0 saturated heterocycles. The number of phenols is 2. The fourth-order valence-corrected chi connectivity index (χ4v) is 6.51. The van der Waals surface area contributed by atoms with Gasteiger partial charge in [-0.25, -0.2) is 4.79 Å². The van der Waals surface area contributed by atoms with Crippen molar-refractivity contribution >= 4 is 41.3 Å². The van der Waals surface area contributed by atoms with Crippen LogP contribution < -0.4 is 15.4 Å². The maximum atomic E-state index is 14.0. The van der Waals surface area contributed by atoms with Gasteiger partial charge in [0.15, 0.2) is 12.4 Å². The molecule has 0 fully saturated rings. The summed E-state index contributed by atoms with van der Waals surface area (Å²) in [4.78, 5) is 88.7. The molecule has 2 aromatic rings. The summed E-state index contributed by atoms with van der Waals surface area (Å²) in [5.74, 6) is -8.11. The summed E-state index contributed by atoms with van der Waals surface area (Å²) in [6.45, 7) is 3.07. The second-order valence-corrected chi connectivity index (χ2v) is 14.2. The van der Waals surface area contributed by atoms with Gasteiger partial charge in [0.1, 0.15) is 47.0 Å². The zero-order chi connectivity index (χ0) is 41.3. The number of methoxy groups -OCH3 is 1. The van der Waals surface area contributed by atoms with Gasteiger partial charge in [-0.1, -0.05) is 12.1 Å². The number of aliphatic hydroxyl groups excluding tert-OH is 1. The number of aromatic hydroxyl groups is 2. The van der Waals surface area contributed by atoms with Crippen LogP contribution in [0.2, 0.25) is 0 Å². The van der Waals surface area contributed by atoms with Crippen molar-refractivity contribution in [3.63, 3.8) is 0 Å². The van der Waals surface area contributed by atoms with Crippen LogP contribution >= 0.6 is 0 Å². The maximum Gasteiger partial charge on any atom is 0.408 e. The van der Waals surface area contributed by atoms with Gasteiger partial charge < -0.3 is 59.9 Å². The smallest absolute Gasteiger partial charge is 0.408 e. The van der Waals surface area contributed by atoms with Crippen molar-refractivity contribution in [3.05, 3.63) is 63.6 Å². The number of aliphatic carboxylic acids is 1. The molecule has 19 heteroatoms. The van der Waals surface area contributed by atoms with Crippen molar-refractivity contribution in [1.82, 2.24) is 10.6 Å². The third-order valence-electron chi connectivity index (χ3n) is 9.09. The highest BCUT2D eigenvalue weighted by atomic mass is 16.7. The molecule has 1 aliphatic heterocycles. The minimum absolute atomic E-state index is 0.0102. The maximum absolute atomic E-state index is 14.0. The molecule has 7 N–H and O–H groups in total. The Morgan fingerprint density at radius 1 is 0.982 bits per heavy atom. The second kappa shape index (κ2) is 15.9. The number of ketones is 3. The predicted octanol–water partition coefficient (Wildman–Crippen LogP) is 1.75. The second-order valence-electron chi connectivity index (χ2n) is 14.2. The van der Waals surface area contributed by atoms with Gasteiger partial charge in [0, 0.05) is 42.4 Å². The summed E-state index contributed by atoms with van der Waals surface area (Å²) < 4.78 is 27.1. The molecular formula is C37H40N2O17. The van der Waals surface area contributed by atoms with Gasteiger partial charge in [0.25, 0.3) is 0 Å². The molecule has 3 unspecified atom stereocenters. The number of carboxylic acid groups (broad SMARTS) is 1. The molecule has 0 bridgehead atoms. The first-order valence-electron chi connectivity index (χ1n) is 17.2. The first-order chi connectivity index (χ1) is 26.2. The van der Waals surface area contributed by atoms with Crippen LogP contribution in [0.1, 0.15) is 95.5 Å². The Labute approximate surface area is 318 Å². The summed E-state index contributed by atoms with van der Waals surface area (Å²) in [5, 5.41) is 59.1. The highest BCUT2D eigenvalue weighted by Gasteiger charge is 2.50. The molecule has 2 amide bonds. The standard InChI is InChI=1S/C37H40N2O17/c1-36(2,3)56-35(50)39-18-10-26(54-14-19(18)40)55-21-12-37(51,22(41)15-53-25(45)13-38-23(42)8-9-24(43)44)11-17-28(21)34(49)30-29(32(17)47)31(46)16-6-5-7-20(52-4)27(16)33(30)48/h5-7,14,18,21,26,40,47,49,51H,8-13,15H2,1-4H3,(H,38,42)(H,39,50)(H,43,44)/t18?,21-,26?,37?/m1/s1. The zero-order valence-corrected chi connectivity index (χ0v) is 30.6. The molecule has 3 aliphatic rings. The number of alkyl carbamates (subject to hydrolysis) is 1. The Balaban J connectivity index is 1.48. The van der Waals surface area contributed by atoms with E-state index in [0.29, 0.717) is 0 Å². The van der Waals surface area contributed by atoms with Crippen molar-refractivity contribution in [2.75, 3.05) is 20.3 Å². The lowest BCUT2D eigenvalue weighted by molar-refractivity contribution is -0.182. The molecular weight excluding hydrogens is 744 g/mol. The van der Waals surface area contributed by atoms with Crippen molar-refractivity contribution in [3.8, 4) is 17.2 Å². The number of ether oxygens (including phenoxy) is 5. The van der Waals surface area contributed by atoms with E-state index < -0.39 is 138 Å². The lowest BCUT2D eigenvalue weighted by Crippen LogP contribution is -2.49. The lowest BCUT2D eigenvalue weighted by Gasteiger charge is -2.40. The number of rotatable bonds is 12. The summed E-state index contributed by atoms with van der Waals surface area (Å²) in [5.41, 5.74) is -5.64. The molecule has 1 heterocycles. The van der Waals surface area contributed by atoms with E-state index in [1.54, 1.807) is 20.8 Å². The third-order valence-corrected chi connectivity index (χ3v) is 9.09. The van der Waals surface area contributed by atoms with Crippen LogP contribution in [0.5, 0.6) is 17.2 Å². The summed E-state index contributed by atoms with van der Waals surface area (Å²) in [6, 6.07) is 3.04. The number of aliphatic hydroxyl groups is 2. The van der Waals surface area contributed by atoms with Gasteiger partial charge in [-0.2, -0.15) is 0 Å². The molecule has 56 heavy (non-hydrogen) atoms. The Hall–Kier alpha value is -6.21. The van der Waals surface area contributed by atoms with Crippen LogP contribution in [0.3, 0.4) is 0 Å². The highest BCUT2D eigenvalue weighted by Crippen LogP contribution is 2.52. The first-order valence-corrected chi connectivity index (χ1v) is 17.2. The van der Waals surface area contributed by atoms with Crippen molar-refractivity contribution < 1.29 is 82.8 Å². The number of carbonyl (C=O) groups is 7. The number of hydrogen-bond donors (Lipinski definition) is 7. The third kappa shape index (κ3) is 8.52. The monoisotopic (exact) mass is 784 g/mol. The molecule has 0 radical (unpaired) electrons. The van der Waals surface area contributed by atoms with Gasteiger partial charge in [-0.3, -0.25) is 28.8 Å². The van der Waals surface area contributed by atoms with E-state index in [1.807, 2.05) is 0 Å². The number of phenolic OH excluding ortho intramolecular Hbond substituents is 2. The fourth-order valence-electron chi connectivity index (χ4n) is 6.51. The molecule has 0 spiro atoms. The normalized spacial score (nSPS) is 21.2. The number of Topliss-reactive ketones (excluding diaryl/α,β-unsaturated/α-hetero) is 1. The van der Waals surface area contributed by atoms with Crippen molar-refractivity contribution in [1.29, 1.82) is 0 Å². The molecule has 0 aromatic heterocycles. The summed E-state index contributed by atoms with van der Waals surface area (Å²) >= 11 is 0. The molecule has 0 saturated carbocycles. The van der Waals surface area contributed by atoms with Crippen LogP contribution in [0.4, 0.5) is 4.79 Å². The van der Waals surface area contributed by atoms with E-state index in [0.717, 1.165) is 6.26 Å². The van der Waals surface area contributed by atoms with Crippen molar-refractivity contribution in [2.45, 2.75) is 82.5 Å². The van der Waals surface area contributed by atoms with Gasteiger partial charge in [0.2, 0.25) is 23.8 Å². The summed E-state index contributed by atoms with van der Waals surface area (Å²) in [7, 11) is 1.27. The summed E-state index contributed by atoms with van der Waals surface area (Å²) in [6.07, 6.45) is -5.74. The zero-order valence-electron chi connectivity index (χ0n) is 30.6. The van der Waals surface area contributed by atoms with E-state index in [4.69, 9.17) is 28.8 Å². The van der Waals surface area contributed by atoms with Crippen LogP contribution in [0.25, 0.3) is 0 Å². The van der Waals surface area contributed by atoms with Crippen molar-refractivity contribution in [2.24, 2.45) is 0 Å². The molecule has 2 aliphatic carbocycles. The Bertz CT molecular complexity index is 2030. The van der Waals surface area contributed by atoms with Crippen LogP contribution in [-0.2, 0) is 44.5 Å². The van der Waals surface area contributed by atoms with Gasteiger partial charge in [-0.05, 0) is 26.8 Å². The average molecular weight is 785 g/mol. The van der Waals surface area contributed by atoms with E-state index in [1.165, 1.54) is 25.3 Å². The Kier molecular flexibility index (Phi) is 11.6. The molecule has 2 aromatic carbocycles. The number of carbonyl (C=O) groups excluding carboxylic acids is 6. The number of carboxylic acids is 1. The van der Waals surface area contributed by atoms with Crippen LogP contribution in [0, 0.1) is 0 Å². The largest absolute Gasteiger partial charge is 0.507 e. The number of fused-ring (bicyclic) bond motifs is 3. The van der Waals surface area contributed by atoms with E-state index in [2.05, 4.69) is 10.6 Å². The number of amides is 2. The van der Waals surface area contributed by atoms with Gasteiger partial charge >= 0.3 is 18.0 Å². The number of nitrogens with one attached hydrogen (secondary N) is 2. The molecule has 300 valence electrons. The SMILES string of the molecule is COc1cccc2c1C(=O)c1c(O)c3c(c(O)c1C2=O)CC(O)(C(=O)COC(=O)CNC(=O)CCC(=O)O)C[C@H]3OC1CC(NC(=O)OC(C)(C)C)C(O)=CO1. The predicted molar refractivity (Wildman–Crippen MR) is 186 cm³/mol. The lowest BCUT2D eigenvalue weighted by atomic mass is 9.72. The van der Waals surface area contributed by atoms with Gasteiger partial charge in [0.05, 0.1) is 42.4 Å². The minimum Gasteiger partial charge on any atom is -0.507 e. The Morgan fingerprint density at radius 2 is 1.68 bits per heavy atom. The van der Waals surface area contributed by atoms with E-state index in [-0.39, 0.29) is 34.4 Å². The highest BCUT2D eigenvalue weighted by molar-refractivity contribution is 6.31. The first kappa shape index (κ1) is 41.0. The minimum atomic E-state index is -2.54. The fraction of sp³-hybridized carbons (Fsp3) is 0.432. The van der Waals surface area contributed by atoms with E-state index in [9.17, 15) is 54.0 Å². The van der Waals surface area contributed by atoms with Gasteiger partial charge in [-0.15, -0.1) is 0 Å². The van der Waals surface area contributed by atoms with E-state index >= 15 is 0 Å². The molecule has 4 atom stereocenters. The number of esters is 1. The number of benzene rings is 2. The Morgan fingerprint density at radius 3 is 2.34 bits per heavy atom. The molecule has 19 nitrogen and oxygen atoms in total. The van der Waals surface area contributed by atoms with Crippen LogP contribution in [0.15, 0.2) is 30.2 Å². The molecule has 5 rings (SSSR count). The average Bonchev–Trinajstić information content (AvgIpc) is 3.12. The van der Waals surface area contributed by atoms with Crippen LogP contribution in [-0.4, -0.2) is 111 Å².